The van der Waals surface area contributed by atoms with Gasteiger partial charge in [0.15, 0.2) is 0 Å². The van der Waals surface area contributed by atoms with E-state index >= 15 is 0 Å². The molecule has 1 aliphatic heterocycles. The maximum Gasteiger partial charge on any atom is 0.405 e. The van der Waals surface area contributed by atoms with Gasteiger partial charge in [0, 0.05) is 6.21 Å². The molecule has 2 unspecified atom stereocenters. The van der Waals surface area contributed by atoms with Gasteiger partial charge in [0.25, 0.3) is 0 Å². The lowest BCUT2D eigenvalue weighted by Crippen LogP contribution is -2.68. The minimum atomic E-state index is -1.06. The number of nitrogens with one attached hydrogen (secondary N) is 1. The Morgan fingerprint density at radius 1 is 1.56 bits per heavy atom. The normalized spacial score (nSPS) is 31.8. The number of rotatable bonds is 2. The average Bonchev–Trinajstić information content (AvgIpc) is 2.18. The molecule has 0 aromatic heterocycles. The Labute approximate surface area is 121 Å². The highest BCUT2D eigenvalue weighted by Gasteiger charge is 2.55. The Morgan fingerprint density at radius 2 is 2.11 bits per heavy atom. The van der Waals surface area contributed by atoms with Crippen molar-refractivity contribution in [3.63, 3.8) is 0 Å². The molecule has 0 saturated heterocycles. The summed E-state index contributed by atoms with van der Waals surface area (Å²) in [6.45, 7) is 7.91. The maximum absolute atomic E-state index is 11.1. The zero-order chi connectivity index (χ0) is 14.2. The van der Waals surface area contributed by atoms with Crippen molar-refractivity contribution in [2.75, 3.05) is 7.11 Å². The van der Waals surface area contributed by atoms with Gasteiger partial charge in [-0.2, -0.15) is 0 Å². The van der Waals surface area contributed by atoms with Crippen molar-refractivity contribution in [1.29, 1.82) is 0 Å². The van der Waals surface area contributed by atoms with Gasteiger partial charge in [-0.1, -0.05) is 43.4 Å². The number of alkyl halides is 1. The molecule has 5 nitrogen and oxygen atoms in total. The number of carboxylic acid groups (broad SMARTS) is 1. The fourth-order valence-corrected chi connectivity index (χ4v) is 3.57. The van der Waals surface area contributed by atoms with Gasteiger partial charge in [0.05, 0.1) is 10.5 Å². The van der Waals surface area contributed by atoms with Crippen molar-refractivity contribution < 1.29 is 14.6 Å². The molecule has 0 fully saturated rings. The predicted octanol–water partition coefficient (Wildman–Crippen LogP) is 2.80. The molecule has 0 radical (unpaired) electrons. The van der Waals surface area contributed by atoms with E-state index in [1.54, 1.807) is 13.3 Å². The van der Waals surface area contributed by atoms with Crippen molar-refractivity contribution in [3.05, 3.63) is 12.0 Å². The van der Waals surface area contributed by atoms with Crippen molar-refractivity contribution in [3.8, 4) is 0 Å². The van der Waals surface area contributed by atoms with E-state index in [4.69, 9.17) is 9.84 Å². The molecular formula is C12H19IN2O3. The standard InChI is InChI=1S/C12H19IN2O3/c1-10(2,3)12(15-9(16)17)7-14-8(18-5)6-11(12,4)13/h6-7,15H,1-5H3,(H,16,17). The van der Waals surface area contributed by atoms with Gasteiger partial charge in [-0.05, 0) is 18.4 Å². The van der Waals surface area contributed by atoms with Crippen LogP contribution < -0.4 is 5.32 Å². The van der Waals surface area contributed by atoms with E-state index in [2.05, 4.69) is 32.9 Å². The molecule has 6 heteroatoms. The van der Waals surface area contributed by atoms with Crippen LogP contribution in [0.5, 0.6) is 0 Å². The summed E-state index contributed by atoms with van der Waals surface area (Å²) in [5.74, 6) is 0.499. The maximum atomic E-state index is 11.1. The van der Waals surface area contributed by atoms with Crippen LogP contribution in [0.25, 0.3) is 0 Å². The SMILES string of the molecule is COC1=CC(C)(I)C(NC(=O)O)(C(C)(C)C)C=N1. The molecule has 0 aromatic carbocycles. The molecule has 0 aliphatic carbocycles. The first kappa shape index (κ1) is 15.3. The molecular weight excluding hydrogens is 347 g/mol. The van der Waals surface area contributed by atoms with E-state index in [0.29, 0.717) is 5.88 Å². The second kappa shape index (κ2) is 4.71. The summed E-state index contributed by atoms with van der Waals surface area (Å²) in [6.07, 6.45) is 2.43. The Hall–Kier alpha value is -0.790. The second-order valence-corrected chi connectivity index (χ2v) is 7.75. The summed E-state index contributed by atoms with van der Waals surface area (Å²) in [4.78, 5) is 15.3. The Kier molecular flexibility index (Phi) is 4.00. The topological polar surface area (TPSA) is 70.9 Å². The quantitative estimate of drug-likeness (QED) is 0.583. The van der Waals surface area contributed by atoms with Gasteiger partial charge >= 0.3 is 6.09 Å². The Morgan fingerprint density at radius 3 is 2.44 bits per heavy atom. The molecule has 1 heterocycles. The number of ether oxygens (including phenoxy) is 1. The van der Waals surface area contributed by atoms with Gasteiger partial charge in [-0.3, -0.25) is 0 Å². The van der Waals surface area contributed by atoms with Crippen molar-refractivity contribution >= 4 is 34.9 Å². The van der Waals surface area contributed by atoms with Crippen LogP contribution in [0.4, 0.5) is 4.79 Å². The monoisotopic (exact) mass is 366 g/mol. The molecule has 0 bridgehead atoms. The predicted molar refractivity (Wildman–Crippen MR) is 79.4 cm³/mol. The van der Waals surface area contributed by atoms with Crippen LogP contribution in [0.2, 0.25) is 0 Å². The van der Waals surface area contributed by atoms with E-state index in [9.17, 15) is 4.79 Å². The molecule has 1 amide bonds. The first-order chi connectivity index (χ1) is 8.06. The Balaban J connectivity index is 3.34. The molecule has 2 atom stereocenters. The van der Waals surface area contributed by atoms with E-state index in [-0.39, 0.29) is 5.41 Å². The zero-order valence-corrected chi connectivity index (χ0v) is 13.4. The van der Waals surface area contributed by atoms with Crippen molar-refractivity contribution in [2.24, 2.45) is 10.4 Å². The minimum Gasteiger partial charge on any atom is -0.481 e. The fraction of sp³-hybridized carbons (Fsp3) is 0.667. The third-order valence-electron chi connectivity index (χ3n) is 3.25. The largest absolute Gasteiger partial charge is 0.481 e. The average molecular weight is 366 g/mol. The zero-order valence-electron chi connectivity index (χ0n) is 11.2. The highest BCUT2D eigenvalue weighted by Crippen LogP contribution is 2.46. The van der Waals surface area contributed by atoms with Crippen LogP contribution >= 0.6 is 22.6 Å². The fourth-order valence-electron chi connectivity index (χ4n) is 2.22. The summed E-state index contributed by atoms with van der Waals surface area (Å²) in [5.41, 5.74) is -1.13. The van der Waals surface area contributed by atoms with Crippen LogP contribution in [0.1, 0.15) is 27.7 Å². The third kappa shape index (κ3) is 2.48. The lowest BCUT2D eigenvalue weighted by molar-refractivity contribution is 0.147. The molecule has 2 N–H and O–H groups in total. The molecule has 0 spiro atoms. The molecule has 1 rings (SSSR count). The molecule has 0 aromatic rings. The van der Waals surface area contributed by atoms with Gasteiger partial charge in [0.1, 0.15) is 5.54 Å². The van der Waals surface area contributed by atoms with Crippen LogP contribution in [0, 0.1) is 5.41 Å². The lowest BCUT2D eigenvalue weighted by Gasteiger charge is -2.51. The highest BCUT2D eigenvalue weighted by molar-refractivity contribution is 14.1. The number of hydrogen-bond donors (Lipinski definition) is 2. The number of carbonyl (C=O) groups is 1. The Bertz CT molecular complexity index is 410. The third-order valence-corrected chi connectivity index (χ3v) is 4.41. The van der Waals surface area contributed by atoms with E-state index in [1.807, 2.05) is 33.8 Å². The highest BCUT2D eigenvalue weighted by atomic mass is 127. The van der Waals surface area contributed by atoms with Gasteiger partial charge in [-0.25, -0.2) is 9.79 Å². The first-order valence-electron chi connectivity index (χ1n) is 5.58. The van der Waals surface area contributed by atoms with Gasteiger partial charge < -0.3 is 15.2 Å². The van der Waals surface area contributed by atoms with Crippen LogP contribution in [0.15, 0.2) is 17.0 Å². The number of methoxy groups -OCH3 is 1. The summed E-state index contributed by atoms with van der Waals surface area (Å²) < 4.78 is 4.64. The van der Waals surface area contributed by atoms with Crippen LogP contribution in [0.3, 0.4) is 0 Å². The van der Waals surface area contributed by atoms with Gasteiger partial charge in [-0.15, -0.1) is 0 Å². The molecule has 18 heavy (non-hydrogen) atoms. The summed E-state index contributed by atoms with van der Waals surface area (Å²) in [6, 6.07) is 0. The van der Waals surface area contributed by atoms with Crippen molar-refractivity contribution in [1.82, 2.24) is 5.32 Å². The minimum absolute atomic E-state index is 0.333. The summed E-state index contributed by atoms with van der Waals surface area (Å²) in [5, 5.41) is 11.8. The number of amides is 1. The molecule has 1 aliphatic rings. The van der Waals surface area contributed by atoms with Crippen LogP contribution in [-0.2, 0) is 4.74 Å². The van der Waals surface area contributed by atoms with Gasteiger partial charge in [0.2, 0.25) is 5.88 Å². The lowest BCUT2D eigenvalue weighted by atomic mass is 9.66. The summed E-state index contributed by atoms with van der Waals surface area (Å²) >= 11 is 2.23. The van der Waals surface area contributed by atoms with E-state index in [1.165, 1.54) is 0 Å². The molecule has 102 valence electrons. The summed E-state index contributed by atoms with van der Waals surface area (Å²) in [7, 11) is 1.55. The number of nitrogens with zero attached hydrogens (tertiary/aromatic N) is 1. The number of hydrogen-bond acceptors (Lipinski definition) is 3. The first-order valence-corrected chi connectivity index (χ1v) is 6.66. The van der Waals surface area contributed by atoms with E-state index < -0.39 is 15.1 Å². The van der Waals surface area contributed by atoms with Crippen molar-refractivity contribution in [2.45, 2.75) is 36.7 Å². The van der Waals surface area contributed by atoms with Crippen LogP contribution in [-0.4, -0.2) is 33.5 Å². The second-order valence-electron chi connectivity index (χ2n) is 5.51. The number of aliphatic imine (C=N–C) groups is 1. The molecule has 0 saturated carbocycles. The smallest absolute Gasteiger partial charge is 0.405 e. The van der Waals surface area contributed by atoms with E-state index in [0.717, 1.165) is 0 Å². The number of halogens is 1.